The summed E-state index contributed by atoms with van der Waals surface area (Å²) in [6.45, 7) is 3.84. The summed E-state index contributed by atoms with van der Waals surface area (Å²) in [6, 6.07) is 7.65. The van der Waals surface area contributed by atoms with Crippen molar-refractivity contribution < 1.29 is 9.53 Å². The van der Waals surface area contributed by atoms with Crippen molar-refractivity contribution >= 4 is 27.6 Å². The number of carbonyl (C=O) groups excluding carboxylic acids is 1. The fourth-order valence-corrected chi connectivity index (χ4v) is 3.11. The molecular formula is C15H17BrN2O2. The van der Waals surface area contributed by atoms with Crippen LogP contribution in [0.3, 0.4) is 0 Å². The van der Waals surface area contributed by atoms with E-state index in [9.17, 15) is 4.79 Å². The van der Waals surface area contributed by atoms with Crippen molar-refractivity contribution in [2.75, 3.05) is 24.6 Å². The van der Waals surface area contributed by atoms with Gasteiger partial charge in [-0.25, -0.2) is 0 Å². The maximum Gasteiger partial charge on any atom is 0.310 e. The lowest BCUT2D eigenvalue weighted by molar-refractivity contribution is -0.148. The molecule has 0 bridgehead atoms. The average molecular weight is 337 g/mol. The van der Waals surface area contributed by atoms with Gasteiger partial charge >= 0.3 is 5.97 Å². The van der Waals surface area contributed by atoms with Crippen LogP contribution in [0.1, 0.15) is 25.3 Å². The number of hydrogen-bond acceptors (Lipinski definition) is 4. The Labute approximate surface area is 127 Å². The molecule has 0 radical (unpaired) electrons. The lowest BCUT2D eigenvalue weighted by Crippen LogP contribution is -2.39. The summed E-state index contributed by atoms with van der Waals surface area (Å²) in [5, 5.41) is 8.89. The zero-order valence-corrected chi connectivity index (χ0v) is 13.0. The van der Waals surface area contributed by atoms with Crippen LogP contribution in [-0.2, 0) is 9.53 Å². The number of anilines is 1. The van der Waals surface area contributed by atoms with Crippen molar-refractivity contribution in [2.24, 2.45) is 5.92 Å². The van der Waals surface area contributed by atoms with E-state index in [0.717, 1.165) is 29.5 Å². The molecule has 1 atom stereocenters. The molecule has 0 aliphatic carbocycles. The largest absolute Gasteiger partial charge is 0.466 e. The van der Waals surface area contributed by atoms with Gasteiger partial charge in [0.15, 0.2) is 0 Å². The minimum Gasteiger partial charge on any atom is -0.466 e. The lowest BCUT2D eigenvalue weighted by atomic mass is 9.97. The zero-order valence-electron chi connectivity index (χ0n) is 11.4. The number of hydrogen-bond donors (Lipinski definition) is 0. The molecule has 1 aliphatic rings. The molecular weight excluding hydrogens is 320 g/mol. The van der Waals surface area contributed by atoms with E-state index < -0.39 is 0 Å². The SMILES string of the molecule is CCOC(=O)C1CCCN(c2ccc(C#N)cc2Br)C1. The van der Waals surface area contributed by atoms with Crippen molar-refractivity contribution in [3.63, 3.8) is 0 Å². The van der Waals surface area contributed by atoms with Crippen molar-refractivity contribution in [3.05, 3.63) is 28.2 Å². The third-order valence-corrected chi connectivity index (χ3v) is 4.09. The Morgan fingerprint density at radius 3 is 3.05 bits per heavy atom. The van der Waals surface area contributed by atoms with Crippen LogP contribution in [0.15, 0.2) is 22.7 Å². The summed E-state index contributed by atoms with van der Waals surface area (Å²) in [5.41, 5.74) is 1.65. The molecule has 2 rings (SSSR count). The Balaban J connectivity index is 2.13. The van der Waals surface area contributed by atoms with Crippen LogP contribution in [0.25, 0.3) is 0 Å². The van der Waals surface area contributed by atoms with Gasteiger partial charge in [-0.1, -0.05) is 0 Å². The minimum atomic E-state index is -0.109. The standard InChI is InChI=1S/C15H17BrN2O2/c1-2-20-15(19)12-4-3-7-18(10-12)14-6-5-11(9-17)8-13(14)16/h5-6,8,12H,2-4,7,10H2,1H3. The summed E-state index contributed by atoms with van der Waals surface area (Å²) in [7, 11) is 0. The van der Waals surface area contributed by atoms with E-state index in [1.807, 2.05) is 19.1 Å². The molecule has 0 N–H and O–H groups in total. The predicted octanol–water partition coefficient (Wildman–Crippen LogP) is 3.10. The Hall–Kier alpha value is -1.54. The van der Waals surface area contributed by atoms with E-state index >= 15 is 0 Å². The highest BCUT2D eigenvalue weighted by Gasteiger charge is 2.27. The maximum atomic E-state index is 11.9. The molecule has 4 nitrogen and oxygen atoms in total. The van der Waals surface area contributed by atoms with E-state index in [4.69, 9.17) is 10.00 Å². The van der Waals surface area contributed by atoms with Crippen LogP contribution in [0, 0.1) is 17.2 Å². The number of rotatable bonds is 3. The van der Waals surface area contributed by atoms with Gasteiger partial charge in [-0.05, 0) is 53.9 Å². The highest BCUT2D eigenvalue weighted by Crippen LogP contribution is 2.31. The van der Waals surface area contributed by atoms with Crippen LogP contribution in [0.5, 0.6) is 0 Å². The highest BCUT2D eigenvalue weighted by atomic mass is 79.9. The lowest BCUT2D eigenvalue weighted by Gasteiger charge is -2.33. The number of nitrogens with zero attached hydrogens (tertiary/aromatic N) is 2. The van der Waals surface area contributed by atoms with Gasteiger partial charge in [0.05, 0.1) is 29.8 Å². The van der Waals surface area contributed by atoms with E-state index in [1.54, 1.807) is 6.07 Å². The topological polar surface area (TPSA) is 53.3 Å². The number of piperidine rings is 1. The van der Waals surface area contributed by atoms with Gasteiger partial charge in [-0.15, -0.1) is 0 Å². The van der Waals surface area contributed by atoms with Gasteiger partial charge in [0, 0.05) is 17.6 Å². The minimum absolute atomic E-state index is 0.0637. The van der Waals surface area contributed by atoms with E-state index in [0.29, 0.717) is 18.7 Å². The molecule has 0 spiro atoms. The first kappa shape index (κ1) is 14.9. The summed E-state index contributed by atoms with van der Waals surface area (Å²) < 4.78 is 6.00. The molecule has 106 valence electrons. The van der Waals surface area contributed by atoms with Gasteiger partial charge in [0.1, 0.15) is 0 Å². The second-order valence-corrected chi connectivity index (χ2v) is 5.67. The summed E-state index contributed by atoms with van der Waals surface area (Å²) in [4.78, 5) is 14.0. The summed E-state index contributed by atoms with van der Waals surface area (Å²) >= 11 is 3.50. The molecule has 20 heavy (non-hydrogen) atoms. The second-order valence-electron chi connectivity index (χ2n) is 4.82. The Bertz CT molecular complexity index is 539. The normalized spacial score (nSPS) is 18.4. The summed E-state index contributed by atoms with van der Waals surface area (Å²) in [6.07, 6.45) is 1.85. The quantitative estimate of drug-likeness (QED) is 0.796. The van der Waals surface area contributed by atoms with Gasteiger partial charge in [-0.3, -0.25) is 4.79 Å². The van der Waals surface area contributed by atoms with Crippen molar-refractivity contribution in [1.82, 2.24) is 0 Å². The van der Waals surface area contributed by atoms with Gasteiger partial charge in [-0.2, -0.15) is 5.26 Å². The molecule has 1 unspecified atom stereocenters. The summed E-state index contributed by atoms with van der Waals surface area (Å²) in [5.74, 6) is -0.173. The highest BCUT2D eigenvalue weighted by molar-refractivity contribution is 9.10. The van der Waals surface area contributed by atoms with Crippen LogP contribution >= 0.6 is 15.9 Å². The molecule has 1 saturated heterocycles. The second kappa shape index (κ2) is 6.76. The fraction of sp³-hybridized carbons (Fsp3) is 0.467. The van der Waals surface area contributed by atoms with Crippen LogP contribution in [0.2, 0.25) is 0 Å². The Morgan fingerprint density at radius 1 is 1.60 bits per heavy atom. The first-order valence-electron chi connectivity index (χ1n) is 6.77. The molecule has 0 aromatic heterocycles. The smallest absolute Gasteiger partial charge is 0.310 e. The predicted molar refractivity (Wildman–Crippen MR) is 80.4 cm³/mol. The van der Waals surface area contributed by atoms with Crippen LogP contribution < -0.4 is 4.90 Å². The molecule has 1 aromatic carbocycles. The maximum absolute atomic E-state index is 11.9. The van der Waals surface area contributed by atoms with Gasteiger partial charge in [0.25, 0.3) is 0 Å². The number of benzene rings is 1. The molecule has 1 heterocycles. The van der Waals surface area contributed by atoms with E-state index in [1.165, 1.54) is 0 Å². The number of esters is 1. The monoisotopic (exact) mass is 336 g/mol. The fourth-order valence-electron chi connectivity index (χ4n) is 2.48. The first-order valence-corrected chi connectivity index (χ1v) is 7.56. The number of ether oxygens (including phenoxy) is 1. The molecule has 5 heteroatoms. The third-order valence-electron chi connectivity index (χ3n) is 3.46. The zero-order chi connectivity index (χ0) is 14.5. The Kier molecular flexibility index (Phi) is 5.02. The van der Waals surface area contributed by atoms with Gasteiger partial charge in [0.2, 0.25) is 0 Å². The van der Waals surface area contributed by atoms with Crippen molar-refractivity contribution in [3.8, 4) is 6.07 Å². The van der Waals surface area contributed by atoms with Crippen LogP contribution in [0.4, 0.5) is 5.69 Å². The molecule has 0 saturated carbocycles. The van der Waals surface area contributed by atoms with Crippen LogP contribution in [-0.4, -0.2) is 25.7 Å². The number of nitriles is 1. The Morgan fingerprint density at radius 2 is 2.40 bits per heavy atom. The molecule has 1 aromatic rings. The number of carbonyl (C=O) groups is 1. The number of halogens is 1. The molecule has 0 amide bonds. The van der Waals surface area contributed by atoms with Crippen molar-refractivity contribution in [2.45, 2.75) is 19.8 Å². The average Bonchev–Trinajstić information content (AvgIpc) is 2.47. The third kappa shape index (κ3) is 3.31. The molecule has 1 aliphatic heterocycles. The first-order chi connectivity index (χ1) is 9.65. The van der Waals surface area contributed by atoms with E-state index in [2.05, 4.69) is 26.9 Å². The van der Waals surface area contributed by atoms with E-state index in [-0.39, 0.29) is 11.9 Å². The van der Waals surface area contributed by atoms with Gasteiger partial charge < -0.3 is 9.64 Å². The molecule has 1 fully saturated rings. The van der Waals surface area contributed by atoms with Crippen molar-refractivity contribution in [1.29, 1.82) is 5.26 Å².